The molecule has 138 valence electrons. The monoisotopic (exact) mass is 375 g/mol. The van der Waals surface area contributed by atoms with Gasteiger partial charge in [0.2, 0.25) is 0 Å². The Morgan fingerprint density at radius 2 is 2.08 bits per heavy atom. The molecule has 2 heterocycles. The molecule has 0 saturated carbocycles. The Bertz CT molecular complexity index is 933. The number of aryl methyl sites for hydroxylation is 1. The summed E-state index contributed by atoms with van der Waals surface area (Å²) in [5.41, 5.74) is 0.788. The van der Waals surface area contributed by atoms with Crippen LogP contribution in [0.5, 0.6) is 0 Å². The average Bonchev–Trinajstić information content (AvgIpc) is 2.88. The van der Waals surface area contributed by atoms with Crippen LogP contribution in [0.1, 0.15) is 36.0 Å². The standard InChI is InChI=1S/C17H21N5O3S/c1-22-12-13(11-19-22)17(23)20-14-6-5-7-15(10-14)26(24,25)21-16-8-3-2-4-9-18-16/h5-7,10-12H,2-4,8-9H2,1H3,(H,18,21)(H,20,23). The Balaban J connectivity index is 1.75. The summed E-state index contributed by atoms with van der Waals surface area (Å²) in [5, 5.41) is 6.63. The normalized spacial score (nSPS) is 15.0. The number of carbonyl (C=O) groups excluding carboxylic acids is 1. The molecule has 0 radical (unpaired) electrons. The lowest BCUT2D eigenvalue weighted by atomic mass is 10.2. The third-order valence-electron chi connectivity index (χ3n) is 4.00. The zero-order valence-electron chi connectivity index (χ0n) is 14.5. The number of anilines is 1. The number of sulfonamides is 1. The lowest BCUT2D eigenvalue weighted by Crippen LogP contribution is -2.30. The van der Waals surface area contributed by atoms with Gasteiger partial charge >= 0.3 is 0 Å². The molecule has 26 heavy (non-hydrogen) atoms. The fourth-order valence-corrected chi connectivity index (χ4v) is 3.79. The molecule has 0 saturated heterocycles. The second kappa shape index (κ2) is 7.69. The molecule has 1 aromatic heterocycles. The number of carbonyl (C=O) groups is 1. The first kappa shape index (κ1) is 18.1. The van der Waals surface area contributed by atoms with E-state index in [2.05, 4.69) is 20.1 Å². The number of nitrogens with one attached hydrogen (secondary N) is 2. The number of amides is 1. The first-order valence-corrected chi connectivity index (χ1v) is 9.88. The van der Waals surface area contributed by atoms with Gasteiger partial charge in [0.15, 0.2) is 0 Å². The summed E-state index contributed by atoms with van der Waals surface area (Å²) < 4.78 is 29.3. The highest BCUT2D eigenvalue weighted by Crippen LogP contribution is 2.17. The van der Waals surface area contributed by atoms with Gasteiger partial charge in [-0.2, -0.15) is 5.10 Å². The Kier molecular flexibility index (Phi) is 5.36. The molecule has 8 nitrogen and oxygen atoms in total. The van der Waals surface area contributed by atoms with Gasteiger partial charge in [-0.3, -0.25) is 19.2 Å². The molecular weight excluding hydrogens is 354 g/mol. The van der Waals surface area contributed by atoms with Crippen LogP contribution in [0.4, 0.5) is 5.69 Å². The first-order chi connectivity index (χ1) is 12.4. The zero-order chi connectivity index (χ0) is 18.6. The second-order valence-electron chi connectivity index (χ2n) is 6.13. The van der Waals surface area contributed by atoms with Crippen LogP contribution in [0, 0.1) is 0 Å². The molecule has 1 amide bonds. The summed E-state index contributed by atoms with van der Waals surface area (Å²) >= 11 is 0. The summed E-state index contributed by atoms with van der Waals surface area (Å²) in [4.78, 5) is 16.6. The second-order valence-corrected chi connectivity index (χ2v) is 7.81. The van der Waals surface area contributed by atoms with Crippen molar-refractivity contribution < 1.29 is 13.2 Å². The maximum absolute atomic E-state index is 12.6. The van der Waals surface area contributed by atoms with Gasteiger partial charge in [-0.05, 0) is 31.0 Å². The largest absolute Gasteiger partial charge is 0.322 e. The van der Waals surface area contributed by atoms with E-state index in [0.29, 0.717) is 30.1 Å². The first-order valence-electron chi connectivity index (χ1n) is 8.40. The lowest BCUT2D eigenvalue weighted by Gasteiger charge is -2.11. The van der Waals surface area contributed by atoms with Gasteiger partial charge in [0.05, 0.1) is 16.7 Å². The topological polar surface area (TPSA) is 105 Å². The van der Waals surface area contributed by atoms with Crippen molar-refractivity contribution in [3.05, 3.63) is 42.2 Å². The number of nitrogens with zero attached hydrogens (tertiary/aromatic N) is 3. The molecule has 1 aliphatic rings. The molecule has 9 heteroatoms. The van der Waals surface area contributed by atoms with Crippen molar-refractivity contribution >= 4 is 27.5 Å². The molecule has 0 bridgehead atoms. The minimum atomic E-state index is -3.74. The van der Waals surface area contributed by atoms with Gasteiger partial charge in [0, 0.05) is 31.9 Å². The van der Waals surface area contributed by atoms with E-state index in [1.54, 1.807) is 25.4 Å². The van der Waals surface area contributed by atoms with Gasteiger partial charge in [0.1, 0.15) is 5.84 Å². The molecule has 2 aromatic rings. The summed E-state index contributed by atoms with van der Waals surface area (Å²) in [6, 6.07) is 6.13. The van der Waals surface area contributed by atoms with E-state index in [9.17, 15) is 13.2 Å². The number of hydrogen-bond acceptors (Lipinski definition) is 5. The third kappa shape index (κ3) is 4.48. The van der Waals surface area contributed by atoms with E-state index in [1.165, 1.54) is 23.0 Å². The predicted molar refractivity (Wildman–Crippen MR) is 98.7 cm³/mol. The number of hydrogen-bond donors (Lipinski definition) is 2. The molecule has 0 atom stereocenters. The molecule has 2 N–H and O–H groups in total. The number of amidine groups is 1. The van der Waals surface area contributed by atoms with Crippen molar-refractivity contribution in [1.82, 2.24) is 14.5 Å². The van der Waals surface area contributed by atoms with Crippen LogP contribution in [0.2, 0.25) is 0 Å². The van der Waals surface area contributed by atoms with E-state index in [-0.39, 0.29) is 10.8 Å². The molecule has 1 aliphatic heterocycles. The Morgan fingerprint density at radius 3 is 2.85 bits per heavy atom. The van der Waals surface area contributed by atoms with Crippen LogP contribution in [0.15, 0.2) is 46.5 Å². The van der Waals surface area contributed by atoms with Gasteiger partial charge in [-0.25, -0.2) is 8.42 Å². The fraction of sp³-hybridized carbons (Fsp3) is 0.353. The minimum Gasteiger partial charge on any atom is -0.322 e. The Labute approximate surface area is 152 Å². The van der Waals surface area contributed by atoms with E-state index in [0.717, 1.165) is 19.3 Å². The van der Waals surface area contributed by atoms with Crippen molar-refractivity contribution in [3.63, 3.8) is 0 Å². The third-order valence-corrected chi connectivity index (χ3v) is 5.37. The summed E-state index contributed by atoms with van der Waals surface area (Å²) in [7, 11) is -2.03. The fourth-order valence-electron chi connectivity index (χ4n) is 2.65. The van der Waals surface area contributed by atoms with Gasteiger partial charge in [-0.1, -0.05) is 12.5 Å². The maximum Gasteiger partial charge on any atom is 0.262 e. The number of aromatic nitrogens is 2. The maximum atomic E-state index is 12.6. The highest BCUT2D eigenvalue weighted by Gasteiger charge is 2.18. The van der Waals surface area contributed by atoms with E-state index < -0.39 is 10.0 Å². The smallest absolute Gasteiger partial charge is 0.262 e. The van der Waals surface area contributed by atoms with E-state index in [1.807, 2.05) is 0 Å². The van der Waals surface area contributed by atoms with Crippen LogP contribution in [0.25, 0.3) is 0 Å². The van der Waals surface area contributed by atoms with Crippen molar-refractivity contribution in [2.24, 2.45) is 12.0 Å². The number of aliphatic imine (C=N–C) groups is 1. The number of rotatable bonds is 4. The Morgan fingerprint density at radius 1 is 1.23 bits per heavy atom. The minimum absolute atomic E-state index is 0.0773. The molecule has 3 rings (SSSR count). The SMILES string of the molecule is Cn1cc(C(=O)Nc2cccc(S(=O)(=O)NC3=NCCCCC3)c2)cn1. The number of benzene rings is 1. The summed E-state index contributed by atoms with van der Waals surface area (Å²) in [6.07, 6.45) is 6.59. The van der Waals surface area contributed by atoms with Gasteiger partial charge in [0.25, 0.3) is 15.9 Å². The summed E-state index contributed by atoms with van der Waals surface area (Å²) in [5.74, 6) is 0.140. The van der Waals surface area contributed by atoms with Gasteiger partial charge in [-0.15, -0.1) is 0 Å². The van der Waals surface area contributed by atoms with Crippen molar-refractivity contribution in [3.8, 4) is 0 Å². The highest BCUT2D eigenvalue weighted by molar-refractivity contribution is 7.90. The Hall–Kier alpha value is -2.68. The van der Waals surface area contributed by atoms with Crippen molar-refractivity contribution in [1.29, 1.82) is 0 Å². The molecule has 1 aromatic carbocycles. The van der Waals surface area contributed by atoms with E-state index in [4.69, 9.17) is 0 Å². The molecule has 0 aliphatic carbocycles. The van der Waals surface area contributed by atoms with Crippen LogP contribution in [-0.4, -0.2) is 36.5 Å². The van der Waals surface area contributed by atoms with Crippen LogP contribution in [-0.2, 0) is 17.1 Å². The summed E-state index contributed by atoms with van der Waals surface area (Å²) in [6.45, 7) is 0.638. The van der Waals surface area contributed by atoms with Crippen LogP contribution < -0.4 is 10.0 Å². The molecule has 0 spiro atoms. The predicted octanol–water partition coefficient (Wildman–Crippen LogP) is 1.92. The van der Waals surface area contributed by atoms with Crippen molar-refractivity contribution in [2.45, 2.75) is 30.6 Å². The quantitative estimate of drug-likeness (QED) is 0.851. The van der Waals surface area contributed by atoms with E-state index >= 15 is 0 Å². The lowest BCUT2D eigenvalue weighted by molar-refractivity contribution is 0.102. The van der Waals surface area contributed by atoms with Gasteiger partial charge < -0.3 is 5.32 Å². The zero-order valence-corrected chi connectivity index (χ0v) is 15.3. The molecular formula is C17H21N5O3S. The molecule has 0 fully saturated rings. The average molecular weight is 375 g/mol. The van der Waals surface area contributed by atoms with Crippen LogP contribution in [0.3, 0.4) is 0 Å². The van der Waals surface area contributed by atoms with Crippen LogP contribution >= 0.6 is 0 Å². The van der Waals surface area contributed by atoms with Crippen molar-refractivity contribution in [2.75, 3.05) is 11.9 Å². The highest BCUT2D eigenvalue weighted by atomic mass is 32.2. The molecule has 0 unspecified atom stereocenters.